The molecule has 1 aliphatic rings. The Morgan fingerprint density at radius 2 is 2.00 bits per heavy atom. The molecule has 27 heavy (non-hydrogen) atoms. The highest BCUT2D eigenvalue weighted by atomic mass is 16.2. The van der Waals surface area contributed by atoms with E-state index in [2.05, 4.69) is 32.4 Å². The van der Waals surface area contributed by atoms with E-state index < -0.39 is 11.1 Å². The van der Waals surface area contributed by atoms with E-state index in [0.29, 0.717) is 12.6 Å². The molecule has 0 spiro atoms. The highest BCUT2D eigenvalue weighted by molar-refractivity contribution is 5.78. The molecule has 1 aliphatic carbocycles. The minimum atomic E-state index is -0.469. The van der Waals surface area contributed by atoms with E-state index >= 15 is 0 Å². The SMILES string of the molecule is CN(c1ncccc1CNC(=O)Cc1cc(=O)[nH][nH]c1=O)C1CCCCC1. The molecular formula is C19H25N5O3. The van der Waals surface area contributed by atoms with Gasteiger partial charge in [-0.3, -0.25) is 24.6 Å². The molecule has 8 heteroatoms. The van der Waals surface area contributed by atoms with Crippen molar-refractivity contribution in [2.75, 3.05) is 11.9 Å². The molecule has 1 saturated carbocycles. The smallest absolute Gasteiger partial charge is 0.266 e. The predicted molar refractivity (Wildman–Crippen MR) is 103 cm³/mol. The minimum Gasteiger partial charge on any atom is -0.356 e. The number of anilines is 1. The van der Waals surface area contributed by atoms with Crippen molar-refractivity contribution < 1.29 is 4.79 Å². The number of aromatic nitrogens is 3. The number of carbonyl (C=O) groups excluding carboxylic acids is 1. The van der Waals surface area contributed by atoms with Crippen LogP contribution in [-0.2, 0) is 17.8 Å². The fourth-order valence-electron chi connectivity index (χ4n) is 3.55. The number of carbonyl (C=O) groups is 1. The summed E-state index contributed by atoms with van der Waals surface area (Å²) in [5.41, 5.74) is 0.158. The Kier molecular flexibility index (Phi) is 6.05. The van der Waals surface area contributed by atoms with Crippen LogP contribution in [-0.4, -0.2) is 34.2 Å². The maximum Gasteiger partial charge on any atom is 0.266 e. The normalized spacial score (nSPS) is 14.7. The monoisotopic (exact) mass is 371 g/mol. The number of nitrogens with one attached hydrogen (secondary N) is 3. The van der Waals surface area contributed by atoms with Gasteiger partial charge in [0.05, 0.1) is 6.42 Å². The molecular weight excluding hydrogens is 346 g/mol. The first-order chi connectivity index (χ1) is 13.0. The Hall–Kier alpha value is -2.90. The average Bonchev–Trinajstić information content (AvgIpc) is 2.69. The Morgan fingerprint density at radius 3 is 2.78 bits per heavy atom. The van der Waals surface area contributed by atoms with Crippen LogP contribution in [0.4, 0.5) is 5.82 Å². The molecule has 144 valence electrons. The maximum atomic E-state index is 12.2. The lowest BCUT2D eigenvalue weighted by molar-refractivity contribution is -0.120. The molecule has 1 fully saturated rings. The van der Waals surface area contributed by atoms with Crippen LogP contribution >= 0.6 is 0 Å². The van der Waals surface area contributed by atoms with Gasteiger partial charge in [0.1, 0.15) is 5.82 Å². The Morgan fingerprint density at radius 1 is 1.22 bits per heavy atom. The van der Waals surface area contributed by atoms with Crippen LogP contribution in [0.1, 0.15) is 43.2 Å². The Bertz CT molecular complexity index is 898. The van der Waals surface area contributed by atoms with Gasteiger partial charge in [0.25, 0.3) is 11.1 Å². The van der Waals surface area contributed by atoms with Crippen LogP contribution in [0.3, 0.4) is 0 Å². The molecule has 8 nitrogen and oxygen atoms in total. The first kappa shape index (κ1) is 18.9. The zero-order valence-corrected chi connectivity index (χ0v) is 15.5. The summed E-state index contributed by atoms with van der Waals surface area (Å²) in [4.78, 5) is 41.9. The summed E-state index contributed by atoms with van der Waals surface area (Å²) < 4.78 is 0. The van der Waals surface area contributed by atoms with Gasteiger partial charge in [-0.2, -0.15) is 0 Å². The molecule has 2 heterocycles. The molecule has 0 atom stereocenters. The molecule has 0 radical (unpaired) electrons. The third-order valence-corrected chi connectivity index (χ3v) is 5.05. The average molecular weight is 371 g/mol. The summed E-state index contributed by atoms with van der Waals surface area (Å²) >= 11 is 0. The van der Waals surface area contributed by atoms with Crippen LogP contribution in [0, 0.1) is 0 Å². The van der Waals surface area contributed by atoms with Gasteiger partial charge < -0.3 is 10.2 Å². The van der Waals surface area contributed by atoms with Gasteiger partial charge in [-0.15, -0.1) is 0 Å². The van der Waals surface area contributed by atoms with Crippen molar-refractivity contribution in [3.05, 3.63) is 56.2 Å². The van der Waals surface area contributed by atoms with Crippen LogP contribution in [0.2, 0.25) is 0 Å². The summed E-state index contributed by atoms with van der Waals surface area (Å²) in [5, 5.41) is 7.22. The molecule has 0 saturated heterocycles. The van der Waals surface area contributed by atoms with E-state index in [1.807, 2.05) is 12.1 Å². The second-order valence-electron chi connectivity index (χ2n) is 6.96. The van der Waals surface area contributed by atoms with E-state index in [4.69, 9.17) is 0 Å². The number of nitrogens with zero attached hydrogens (tertiary/aromatic N) is 2. The first-order valence-corrected chi connectivity index (χ1v) is 9.29. The van der Waals surface area contributed by atoms with Crippen molar-refractivity contribution in [2.45, 2.75) is 51.1 Å². The van der Waals surface area contributed by atoms with Crippen molar-refractivity contribution in [1.82, 2.24) is 20.5 Å². The summed E-state index contributed by atoms with van der Waals surface area (Å²) in [5.74, 6) is 0.555. The second-order valence-corrected chi connectivity index (χ2v) is 6.96. The lowest BCUT2D eigenvalue weighted by Crippen LogP contribution is -2.35. The van der Waals surface area contributed by atoms with E-state index in [1.54, 1.807) is 6.20 Å². The summed E-state index contributed by atoms with van der Waals surface area (Å²) in [6.07, 6.45) is 7.69. The number of hydrogen-bond acceptors (Lipinski definition) is 5. The fraction of sp³-hybridized carbons (Fsp3) is 0.474. The van der Waals surface area contributed by atoms with Crippen molar-refractivity contribution >= 4 is 11.7 Å². The molecule has 0 bridgehead atoms. The zero-order valence-electron chi connectivity index (χ0n) is 15.5. The quantitative estimate of drug-likeness (QED) is 0.704. The van der Waals surface area contributed by atoms with Crippen molar-refractivity contribution in [3.8, 4) is 0 Å². The van der Waals surface area contributed by atoms with Crippen molar-refractivity contribution in [2.24, 2.45) is 0 Å². The molecule has 0 aromatic carbocycles. The van der Waals surface area contributed by atoms with Crippen molar-refractivity contribution in [1.29, 1.82) is 0 Å². The van der Waals surface area contributed by atoms with Gasteiger partial charge in [-0.1, -0.05) is 25.3 Å². The molecule has 3 rings (SSSR count). The third-order valence-electron chi connectivity index (χ3n) is 5.05. The van der Waals surface area contributed by atoms with Gasteiger partial charge in [-0.05, 0) is 18.9 Å². The van der Waals surface area contributed by atoms with Gasteiger partial charge in [0.2, 0.25) is 5.91 Å². The largest absolute Gasteiger partial charge is 0.356 e. The zero-order chi connectivity index (χ0) is 19.2. The van der Waals surface area contributed by atoms with E-state index in [-0.39, 0.29) is 17.9 Å². The number of pyridine rings is 1. The summed E-state index contributed by atoms with van der Waals surface area (Å²) in [6, 6.07) is 5.41. The van der Waals surface area contributed by atoms with Gasteiger partial charge in [0, 0.05) is 43.0 Å². The van der Waals surface area contributed by atoms with E-state index in [9.17, 15) is 14.4 Å². The van der Waals surface area contributed by atoms with Gasteiger partial charge >= 0.3 is 0 Å². The number of rotatable bonds is 6. The second kappa shape index (κ2) is 8.66. The highest BCUT2D eigenvalue weighted by Gasteiger charge is 2.21. The fourth-order valence-corrected chi connectivity index (χ4v) is 3.55. The highest BCUT2D eigenvalue weighted by Crippen LogP contribution is 2.26. The number of hydrogen-bond donors (Lipinski definition) is 3. The standard InChI is InChI=1S/C19H25N5O3/c1-24(15-7-3-2-4-8-15)18-13(6-5-9-20-18)12-21-16(25)10-14-11-17(26)22-23-19(14)27/h5-6,9,11,15H,2-4,7-8,10,12H2,1H3,(H,21,25)(H,22,26)(H,23,27). The van der Waals surface area contributed by atoms with Crippen LogP contribution in [0.15, 0.2) is 34.0 Å². The number of H-pyrrole nitrogens is 2. The molecule has 2 aromatic rings. The van der Waals surface area contributed by atoms with Gasteiger partial charge in [-0.25, -0.2) is 4.98 Å². The number of amides is 1. The van der Waals surface area contributed by atoms with Crippen LogP contribution in [0.5, 0.6) is 0 Å². The lowest BCUT2D eigenvalue weighted by Gasteiger charge is -2.33. The summed E-state index contributed by atoms with van der Waals surface area (Å²) in [6.45, 7) is 0.320. The van der Waals surface area contributed by atoms with Crippen LogP contribution < -0.4 is 21.3 Å². The Balaban J connectivity index is 1.65. The van der Waals surface area contributed by atoms with Crippen LogP contribution in [0.25, 0.3) is 0 Å². The van der Waals surface area contributed by atoms with E-state index in [0.717, 1.165) is 30.3 Å². The third kappa shape index (κ3) is 4.84. The first-order valence-electron chi connectivity index (χ1n) is 9.29. The minimum absolute atomic E-state index is 0.141. The molecule has 0 unspecified atom stereocenters. The predicted octanol–water partition coefficient (Wildman–Crippen LogP) is 1.09. The van der Waals surface area contributed by atoms with Gasteiger partial charge in [0.15, 0.2) is 0 Å². The maximum absolute atomic E-state index is 12.2. The molecule has 1 amide bonds. The van der Waals surface area contributed by atoms with Crippen molar-refractivity contribution in [3.63, 3.8) is 0 Å². The number of aromatic amines is 2. The topological polar surface area (TPSA) is 111 Å². The molecule has 2 aromatic heterocycles. The summed E-state index contributed by atoms with van der Waals surface area (Å²) in [7, 11) is 2.05. The molecule has 0 aliphatic heterocycles. The lowest BCUT2D eigenvalue weighted by atomic mass is 9.94. The molecule has 3 N–H and O–H groups in total. The Labute approximate surface area is 157 Å². The van der Waals surface area contributed by atoms with E-state index in [1.165, 1.54) is 19.3 Å².